The first kappa shape index (κ1) is 37.1. The molecule has 0 heterocycles. The molecule has 0 radical (unpaired) electrons. The van der Waals surface area contributed by atoms with E-state index in [9.17, 15) is 0 Å². The molecule has 0 unspecified atom stereocenters. The van der Waals surface area contributed by atoms with E-state index in [1.54, 1.807) is 0 Å². The minimum absolute atomic E-state index is 1.00. The number of hydrogen-bond donors (Lipinski definition) is 1. The molecule has 0 atom stereocenters. The van der Waals surface area contributed by atoms with Crippen LogP contribution < -0.4 is 0 Å². The van der Waals surface area contributed by atoms with Crippen molar-refractivity contribution < 1.29 is 5.11 Å². The van der Waals surface area contributed by atoms with Gasteiger partial charge in [-0.1, -0.05) is 166 Å². The fourth-order valence-corrected chi connectivity index (χ4v) is 3.28. The molecule has 0 aliphatic heterocycles. The Labute approximate surface area is 251 Å². The molecule has 0 fully saturated rings. The van der Waals surface area contributed by atoms with E-state index < -0.39 is 0 Å². The van der Waals surface area contributed by atoms with Gasteiger partial charge < -0.3 is 5.11 Å². The van der Waals surface area contributed by atoms with Gasteiger partial charge in [0.1, 0.15) is 0 Å². The number of aliphatic hydroxyl groups excluding tert-OH is 1. The summed E-state index contributed by atoms with van der Waals surface area (Å²) in [4.78, 5) is 0. The van der Waals surface area contributed by atoms with Crippen molar-refractivity contribution in [2.24, 2.45) is 0 Å². The first-order chi connectivity index (χ1) is 19.6. The Kier molecular flexibility index (Phi) is 20.6. The van der Waals surface area contributed by atoms with Crippen LogP contribution in [-0.4, -0.2) is 12.2 Å². The van der Waals surface area contributed by atoms with Gasteiger partial charge in [-0.15, -0.1) is 0 Å². The molecule has 218 valence electrons. The lowest BCUT2D eigenvalue weighted by molar-refractivity contribution is 0.399. The lowest BCUT2D eigenvalue weighted by Crippen LogP contribution is -1.74. The number of rotatable bonds is 0. The fourth-order valence-electron chi connectivity index (χ4n) is 3.28. The molecule has 0 bridgehead atoms. The van der Waals surface area contributed by atoms with Gasteiger partial charge in [0, 0.05) is 7.11 Å². The first-order valence-electron chi connectivity index (χ1n) is 14.1. The molecule has 5 aromatic rings. The van der Waals surface area contributed by atoms with Crippen molar-refractivity contribution in [1.29, 1.82) is 0 Å². The molecule has 0 amide bonds. The summed E-state index contributed by atoms with van der Waals surface area (Å²) < 4.78 is 0. The molecule has 0 aliphatic rings. The van der Waals surface area contributed by atoms with Crippen molar-refractivity contribution in [2.45, 2.75) is 62.3 Å². The summed E-state index contributed by atoms with van der Waals surface area (Å²) in [6.07, 6.45) is 0. The summed E-state index contributed by atoms with van der Waals surface area (Å²) in [6, 6.07) is 44.0. The molecule has 41 heavy (non-hydrogen) atoms. The van der Waals surface area contributed by atoms with E-state index in [2.05, 4.69) is 172 Å². The Morgan fingerprint density at radius 3 is 0.707 bits per heavy atom. The fraction of sp³-hybridized carbons (Fsp3) is 0.250. The topological polar surface area (TPSA) is 20.2 Å². The molecule has 1 heteroatoms. The summed E-state index contributed by atoms with van der Waals surface area (Å²) in [5.41, 5.74) is 12.1. The maximum atomic E-state index is 7.00. The van der Waals surface area contributed by atoms with Crippen LogP contribution in [-0.2, 0) is 0 Å². The highest BCUT2D eigenvalue weighted by Crippen LogP contribution is 2.03. The Hall–Kier alpha value is -3.94. The van der Waals surface area contributed by atoms with Crippen LogP contribution in [0, 0.1) is 62.3 Å². The minimum Gasteiger partial charge on any atom is -0.400 e. The summed E-state index contributed by atoms with van der Waals surface area (Å²) in [6.45, 7) is 18.9. The van der Waals surface area contributed by atoms with Crippen LogP contribution in [0.1, 0.15) is 50.1 Å². The van der Waals surface area contributed by atoms with Crippen LogP contribution in [0.5, 0.6) is 0 Å². The quantitative estimate of drug-likeness (QED) is 0.204. The summed E-state index contributed by atoms with van der Waals surface area (Å²) >= 11 is 0. The minimum atomic E-state index is 1.00. The van der Waals surface area contributed by atoms with Gasteiger partial charge in [0.2, 0.25) is 0 Å². The highest BCUT2D eigenvalue weighted by atomic mass is 16.2. The molecular weight excluding hydrogens is 496 g/mol. The van der Waals surface area contributed by atoms with Crippen molar-refractivity contribution in [3.05, 3.63) is 177 Å². The van der Waals surface area contributed by atoms with Crippen molar-refractivity contribution in [3.8, 4) is 0 Å². The second kappa shape index (κ2) is 22.8. The molecular formula is C40H52O. The zero-order valence-electron chi connectivity index (χ0n) is 27.1. The van der Waals surface area contributed by atoms with E-state index in [-0.39, 0.29) is 0 Å². The highest BCUT2D eigenvalue weighted by molar-refractivity contribution is 5.23. The highest BCUT2D eigenvalue weighted by Gasteiger charge is 1.84. The largest absolute Gasteiger partial charge is 0.400 e. The molecule has 1 N–H and O–H groups in total. The predicted molar refractivity (Wildman–Crippen MR) is 183 cm³/mol. The second-order valence-corrected chi connectivity index (χ2v) is 10.2. The van der Waals surface area contributed by atoms with E-state index in [0.717, 1.165) is 7.11 Å². The number of aryl methyl sites for hydroxylation is 9. The van der Waals surface area contributed by atoms with Gasteiger partial charge >= 0.3 is 0 Å². The molecule has 0 saturated carbocycles. The number of aliphatic hydroxyl groups is 1. The standard InChI is InChI=1S/4C8H10.C7H8.CH4O/c2*1-7-3-5-8(2)6-4-7;1-7-4-3-5-8(2)6-7;1-7-5-3-4-6-8(7)2;1-7-5-3-2-4-6-7;1-2/h4*3-6H,1-2H3;2-6H,1H3;2H,1H3. The summed E-state index contributed by atoms with van der Waals surface area (Å²) in [7, 11) is 1.00. The van der Waals surface area contributed by atoms with Gasteiger partial charge in [0.25, 0.3) is 0 Å². The molecule has 0 aromatic heterocycles. The smallest absolute Gasteiger partial charge is 0.0319 e. The third-order valence-corrected chi connectivity index (χ3v) is 5.98. The van der Waals surface area contributed by atoms with Crippen LogP contribution in [0.15, 0.2) is 127 Å². The lowest BCUT2D eigenvalue weighted by atomic mass is 10.1. The average Bonchev–Trinajstić information content (AvgIpc) is 2.96. The second-order valence-electron chi connectivity index (χ2n) is 10.2. The van der Waals surface area contributed by atoms with E-state index in [0.29, 0.717) is 0 Å². The lowest BCUT2D eigenvalue weighted by Gasteiger charge is -1.93. The molecule has 0 aliphatic carbocycles. The van der Waals surface area contributed by atoms with Crippen molar-refractivity contribution in [1.82, 2.24) is 0 Å². The van der Waals surface area contributed by atoms with Gasteiger partial charge in [0.15, 0.2) is 0 Å². The Morgan fingerprint density at radius 2 is 0.512 bits per heavy atom. The van der Waals surface area contributed by atoms with Crippen molar-refractivity contribution >= 4 is 0 Å². The molecule has 0 spiro atoms. The zero-order chi connectivity index (χ0) is 31.0. The Morgan fingerprint density at radius 1 is 0.268 bits per heavy atom. The maximum absolute atomic E-state index is 7.00. The monoisotopic (exact) mass is 548 g/mol. The van der Waals surface area contributed by atoms with Crippen LogP contribution in [0.2, 0.25) is 0 Å². The van der Waals surface area contributed by atoms with Gasteiger partial charge in [-0.05, 0) is 73.4 Å². The van der Waals surface area contributed by atoms with E-state index in [1.807, 2.05) is 18.2 Å². The number of benzene rings is 5. The van der Waals surface area contributed by atoms with E-state index >= 15 is 0 Å². The third kappa shape index (κ3) is 20.6. The molecule has 0 saturated heterocycles. The molecule has 5 aromatic carbocycles. The first-order valence-corrected chi connectivity index (χ1v) is 14.1. The van der Waals surface area contributed by atoms with Gasteiger partial charge in [-0.25, -0.2) is 0 Å². The Bertz CT molecular complexity index is 1180. The summed E-state index contributed by atoms with van der Waals surface area (Å²) in [5.74, 6) is 0. The van der Waals surface area contributed by atoms with Gasteiger partial charge in [-0.2, -0.15) is 0 Å². The molecule has 5 rings (SSSR count). The van der Waals surface area contributed by atoms with Crippen molar-refractivity contribution in [3.63, 3.8) is 0 Å². The zero-order valence-corrected chi connectivity index (χ0v) is 27.1. The maximum Gasteiger partial charge on any atom is 0.0319 e. The van der Waals surface area contributed by atoms with E-state index in [1.165, 1.54) is 50.1 Å². The van der Waals surface area contributed by atoms with Crippen LogP contribution >= 0.6 is 0 Å². The summed E-state index contributed by atoms with van der Waals surface area (Å²) in [5, 5.41) is 7.00. The normalized spacial score (nSPS) is 8.85. The third-order valence-electron chi connectivity index (χ3n) is 5.98. The van der Waals surface area contributed by atoms with Crippen LogP contribution in [0.3, 0.4) is 0 Å². The van der Waals surface area contributed by atoms with Gasteiger partial charge in [0.05, 0.1) is 0 Å². The number of hydrogen-bond acceptors (Lipinski definition) is 1. The SMILES string of the molecule is CO.Cc1ccc(C)cc1.Cc1ccc(C)cc1.Cc1cccc(C)c1.Cc1ccccc1.Cc1ccccc1C. The molecule has 1 nitrogen and oxygen atoms in total. The van der Waals surface area contributed by atoms with Gasteiger partial charge in [-0.3, -0.25) is 0 Å². The van der Waals surface area contributed by atoms with E-state index in [4.69, 9.17) is 5.11 Å². The van der Waals surface area contributed by atoms with Crippen LogP contribution in [0.25, 0.3) is 0 Å². The predicted octanol–water partition coefficient (Wildman–Crippen LogP) is 10.8. The van der Waals surface area contributed by atoms with Crippen molar-refractivity contribution in [2.75, 3.05) is 7.11 Å². The Balaban J connectivity index is 0.000000480. The van der Waals surface area contributed by atoms with Crippen LogP contribution in [0.4, 0.5) is 0 Å². The average molecular weight is 549 g/mol.